The molecule has 0 radical (unpaired) electrons. The smallest absolute Gasteiger partial charge is 0.244 e. The van der Waals surface area contributed by atoms with Crippen molar-refractivity contribution in [2.24, 2.45) is 0 Å². The third kappa shape index (κ3) is 4.43. The molecule has 1 aliphatic heterocycles. The summed E-state index contributed by atoms with van der Waals surface area (Å²) in [6.07, 6.45) is 1.10. The fraction of sp³-hybridized carbons (Fsp3) is 0.600. The van der Waals surface area contributed by atoms with Gasteiger partial charge < -0.3 is 9.80 Å². The fourth-order valence-corrected chi connectivity index (χ4v) is 4.51. The molecule has 1 aromatic carbocycles. The molecule has 1 heterocycles. The third-order valence-electron chi connectivity index (χ3n) is 3.87. The summed E-state index contributed by atoms with van der Waals surface area (Å²) in [6, 6.07) is 6.63. The van der Waals surface area contributed by atoms with Crippen LogP contribution in [0.15, 0.2) is 29.2 Å². The molecule has 1 aliphatic rings. The average molecular weight is 346 g/mol. The molecule has 22 heavy (non-hydrogen) atoms. The van der Waals surface area contributed by atoms with Crippen LogP contribution in [0.3, 0.4) is 0 Å². The first-order chi connectivity index (χ1) is 10.4. The molecule has 0 aromatic heterocycles. The summed E-state index contributed by atoms with van der Waals surface area (Å²) in [4.78, 5) is 4.69. The van der Waals surface area contributed by atoms with Crippen molar-refractivity contribution in [2.75, 3.05) is 53.4 Å². The summed E-state index contributed by atoms with van der Waals surface area (Å²) in [5.41, 5.74) is 0. The van der Waals surface area contributed by atoms with Gasteiger partial charge in [-0.25, -0.2) is 8.42 Å². The predicted molar refractivity (Wildman–Crippen MR) is 89.8 cm³/mol. The first-order valence-corrected chi connectivity index (χ1v) is 9.35. The molecule has 5 nitrogen and oxygen atoms in total. The zero-order valence-corrected chi connectivity index (χ0v) is 14.8. The standard InChI is InChI=1S/C15H24ClN3O2S/c1-17(2)8-5-9-18-10-12-19(13-11-18)22(20,21)15-7-4-3-6-14(15)16/h3-4,6-7H,5,8-13H2,1-2H3. The van der Waals surface area contributed by atoms with Crippen molar-refractivity contribution in [3.8, 4) is 0 Å². The molecule has 2 rings (SSSR count). The Hall–Kier alpha value is -0.660. The molecule has 7 heteroatoms. The number of halogens is 1. The lowest BCUT2D eigenvalue weighted by atomic mass is 10.3. The maximum atomic E-state index is 12.6. The molecule has 0 amide bonds. The number of sulfonamides is 1. The minimum atomic E-state index is -3.48. The second kappa shape index (κ2) is 7.75. The zero-order chi connectivity index (χ0) is 16.2. The van der Waals surface area contributed by atoms with E-state index in [9.17, 15) is 8.42 Å². The number of rotatable bonds is 6. The van der Waals surface area contributed by atoms with Crippen LogP contribution < -0.4 is 0 Å². The van der Waals surface area contributed by atoms with E-state index in [1.165, 1.54) is 4.31 Å². The van der Waals surface area contributed by atoms with Gasteiger partial charge in [-0.05, 0) is 45.7 Å². The number of nitrogens with zero attached hydrogens (tertiary/aromatic N) is 3. The van der Waals surface area contributed by atoms with Gasteiger partial charge in [0.2, 0.25) is 10.0 Å². The summed E-state index contributed by atoms with van der Waals surface area (Å²) < 4.78 is 26.8. The lowest BCUT2D eigenvalue weighted by Crippen LogP contribution is -2.49. The Kier molecular flexibility index (Phi) is 6.23. The molecule has 1 aromatic rings. The predicted octanol–water partition coefficient (Wildman–Crippen LogP) is 1.60. The zero-order valence-electron chi connectivity index (χ0n) is 13.2. The molecule has 1 fully saturated rings. The first kappa shape index (κ1) is 17.7. The van der Waals surface area contributed by atoms with Crippen molar-refractivity contribution in [3.63, 3.8) is 0 Å². The fourth-order valence-electron chi connectivity index (χ4n) is 2.60. The molecular formula is C15H24ClN3O2S. The molecule has 1 saturated heterocycles. The van der Waals surface area contributed by atoms with Gasteiger partial charge in [0, 0.05) is 26.2 Å². The highest BCUT2D eigenvalue weighted by Crippen LogP contribution is 2.24. The molecule has 0 saturated carbocycles. The molecule has 0 unspecified atom stereocenters. The minimum absolute atomic E-state index is 0.206. The molecule has 0 atom stereocenters. The maximum absolute atomic E-state index is 12.6. The number of piperazine rings is 1. The van der Waals surface area contributed by atoms with E-state index in [4.69, 9.17) is 11.6 Å². The van der Waals surface area contributed by atoms with E-state index in [1.54, 1.807) is 24.3 Å². The van der Waals surface area contributed by atoms with Gasteiger partial charge in [0.15, 0.2) is 0 Å². The second-order valence-electron chi connectivity index (χ2n) is 5.83. The summed E-state index contributed by atoms with van der Waals surface area (Å²) in [5.74, 6) is 0. The largest absolute Gasteiger partial charge is 0.309 e. The van der Waals surface area contributed by atoms with E-state index in [0.717, 1.165) is 32.6 Å². The van der Waals surface area contributed by atoms with Gasteiger partial charge >= 0.3 is 0 Å². The topological polar surface area (TPSA) is 43.9 Å². The van der Waals surface area contributed by atoms with Crippen LogP contribution in [0.4, 0.5) is 0 Å². The van der Waals surface area contributed by atoms with Crippen molar-refractivity contribution in [2.45, 2.75) is 11.3 Å². The highest BCUT2D eigenvalue weighted by atomic mass is 35.5. The number of hydrogen-bond acceptors (Lipinski definition) is 4. The molecule has 124 valence electrons. The lowest BCUT2D eigenvalue weighted by Gasteiger charge is -2.34. The average Bonchev–Trinajstić information content (AvgIpc) is 2.47. The lowest BCUT2D eigenvalue weighted by molar-refractivity contribution is 0.181. The molecule has 0 spiro atoms. The van der Waals surface area contributed by atoms with Crippen LogP contribution in [0.1, 0.15) is 6.42 Å². The van der Waals surface area contributed by atoms with Crippen LogP contribution in [0.2, 0.25) is 5.02 Å². The highest BCUT2D eigenvalue weighted by Gasteiger charge is 2.29. The van der Waals surface area contributed by atoms with Crippen LogP contribution in [-0.2, 0) is 10.0 Å². The van der Waals surface area contributed by atoms with Crippen LogP contribution in [0.25, 0.3) is 0 Å². The van der Waals surface area contributed by atoms with E-state index in [2.05, 4.69) is 23.9 Å². The summed E-state index contributed by atoms with van der Waals surface area (Å²) >= 11 is 6.03. The van der Waals surface area contributed by atoms with Gasteiger partial charge in [0.1, 0.15) is 4.90 Å². The van der Waals surface area contributed by atoms with Crippen molar-refractivity contribution in [3.05, 3.63) is 29.3 Å². The third-order valence-corrected chi connectivity index (χ3v) is 6.26. The van der Waals surface area contributed by atoms with Gasteiger partial charge in [-0.3, -0.25) is 0 Å². The molecule has 0 bridgehead atoms. The van der Waals surface area contributed by atoms with Crippen LogP contribution in [0, 0.1) is 0 Å². The van der Waals surface area contributed by atoms with E-state index >= 15 is 0 Å². The number of benzene rings is 1. The number of hydrogen-bond donors (Lipinski definition) is 0. The second-order valence-corrected chi connectivity index (χ2v) is 8.15. The van der Waals surface area contributed by atoms with Crippen molar-refractivity contribution in [1.82, 2.24) is 14.1 Å². The normalized spacial score (nSPS) is 18.0. The van der Waals surface area contributed by atoms with Crippen LogP contribution >= 0.6 is 11.6 Å². The van der Waals surface area contributed by atoms with Crippen molar-refractivity contribution in [1.29, 1.82) is 0 Å². The van der Waals surface area contributed by atoms with E-state index in [0.29, 0.717) is 13.1 Å². The molecular weight excluding hydrogens is 322 g/mol. The first-order valence-electron chi connectivity index (χ1n) is 7.53. The van der Waals surface area contributed by atoms with Crippen LogP contribution in [-0.4, -0.2) is 75.9 Å². The quantitative estimate of drug-likeness (QED) is 0.785. The monoisotopic (exact) mass is 345 g/mol. The van der Waals surface area contributed by atoms with Gasteiger partial charge in [0.25, 0.3) is 0 Å². The summed E-state index contributed by atoms with van der Waals surface area (Å²) in [6.45, 7) is 4.66. The summed E-state index contributed by atoms with van der Waals surface area (Å²) in [5, 5.41) is 0.288. The Morgan fingerprint density at radius 1 is 1.14 bits per heavy atom. The van der Waals surface area contributed by atoms with Crippen molar-refractivity contribution >= 4 is 21.6 Å². The Bertz CT molecular complexity index is 584. The molecule has 0 N–H and O–H groups in total. The Balaban J connectivity index is 1.92. The van der Waals surface area contributed by atoms with Gasteiger partial charge in [-0.1, -0.05) is 23.7 Å². The highest BCUT2D eigenvalue weighted by molar-refractivity contribution is 7.89. The van der Waals surface area contributed by atoms with E-state index < -0.39 is 10.0 Å². The summed E-state index contributed by atoms with van der Waals surface area (Å²) in [7, 11) is 0.644. The van der Waals surface area contributed by atoms with E-state index in [-0.39, 0.29) is 9.92 Å². The SMILES string of the molecule is CN(C)CCCN1CCN(S(=O)(=O)c2ccccc2Cl)CC1. The van der Waals surface area contributed by atoms with Gasteiger partial charge in [-0.2, -0.15) is 4.31 Å². The van der Waals surface area contributed by atoms with Crippen LogP contribution in [0.5, 0.6) is 0 Å². The Morgan fingerprint density at radius 2 is 1.77 bits per heavy atom. The maximum Gasteiger partial charge on any atom is 0.244 e. The minimum Gasteiger partial charge on any atom is -0.309 e. The molecule has 0 aliphatic carbocycles. The van der Waals surface area contributed by atoms with E-state index in [1.807, 2.05) is 0 Å². The van der Waals surface area contributed by atoms with Gasteiger partial charge in [0.05, 0.1) is 5.02 Å². The van der Waals surface area contributed by atoms with Gasteiger partial charge in [-0.15, -0.1) is 0 Å². The Morgan fingerprint density at radius 3 is 2.36 bits per heavy atom. The van der Waals surface area contributed by atoms with Crippen molar-refractivity contribution < 1.29 is 8.42 Å². The Labute approximate surface area is 138 Å².